The minimum absolute atomic E-state index is 0.0474. The fourth-order valence-electron chi connectivity index (χ4n) is 1.33. The monoisotopic (exact) mass is 330 g/mol. The van der Waals surface area contributed by atoms with E-state index >= 15 is 0 Å². The van der Waals surface area contributed by atoms with E-state index in [0.29, 0.717) is 5.82 Å². The van der Waals surface area contributed by atoms with Crippen molar-refractivity contribution in [2.45, 2.75) is 10.6 Å². The molecule has 0 saturated carbocycles. The lowest BCUT2D eigenvalue weighted by atomic mass is 10.2. The first-order valence-corrected chi connectivity index (χ1v) is 6.82. The molecule has 0 atom stereocenters. The van der Waals surface area contributed by atoms with Crippen LogP contribution in [0.1, 0.15) is 5.56 Å². The molecule has 0 aliphatic rings. The summed E-state index contributed by atoms with van der Waals surface area (Å²) in [6.07, 6.45) is 1.58. The maximum Gasteiger partial charge on any atom is 0.144 e. The molecular weight excluding hydrogens is 322 g/mol. The van der Waals surface area contributed by atoms with Gasteiger partial charge in [0.1, 0.15) is 17.5 Å². The van der Waals surface area contributed by atoms with Crippen LogP contribution in [-0.4, -0.2) is 4.98 Å². The highest BCUT2D eigenvalue weighted by Gasteiger charge is 2.12. The van der Waals surface area contributed by atoms with Crippen molar-refractivity contribution in [1.29, 1.82) is 0 Å². The molecule has 0 fully saturated rings. The number of nitrogen functional groups attached to an aromatic ring is 1. The van der Waals surface area contributed by atoms with Gasteiger partial charge in [-0.25, -0.2) is 13.8 Å². The van der Waals surface area contributed by atoms with Crippen LogP contribution >= 0.6 is 27.7 Å². The van der Waals surface area contributed by atoms with Crippen molar-refractivity contribution in [1.82, 2.24) is 4.98 Å². The predicted molar refractivity (Wildman–Crippen MR) is 72.3 cm³/mol. The zero-order chi connectivity index (χ0) is 13.1. The maximum absolute atomic E-state index is 13.7. The number of halogens is 3. The van der Waals surface area contributed by atoms with Crippen molar-refractivity contribution >= 4 is 33.5 Å². The molecule has 2 rings (SSSR count). The van der Waals surface area contributed by atoms with Gasteiger partial charge in [-0.1, -0.05) is 0 Å². The summed E-state index contributed by atoms with van der Waals surface area (Å²) in [7, 11) is 0. The summed E-state index contributed by atoms with van der Waals surface area (Å²) in [4.78, 5) is 4.72. The molecule has 0 bridgehead atoms. The minimum atomic E-state index is -0.564. The van der Waals surface area contributed by atoms with Crippen LogP contribution < -0.4 is 5.73 Å². The lowest BCUT2D eigenvalue weighted by Crippen LogP contribution is -1.95. The topological polar surface area (TPSA) is 38.9 Å². The molecule has 0 saturated heterocycles. The molecule has 94 valence electrons. The molecule has 0 radical (unpaired) electrons. The number of pyridine rings is 1. The van der Waals surface area contributed by atoms with Gasteiger partial charge in [-0.3, -0.25) is 0 Å². The third-order valence-electron chi connectivity index (χ3n) is 2.28. The second-order valence-corrected chi connectivity index (χ2v) is 5.43. The molecule has 1 aromatic heterocycles. The van der Waals surface area contributed by atoms with Crippen LogP contribution in [0.2, 0.25) is 0 Å². The Labute approximate surface area is 116 Å². The molecule has 18 heavy (non-hydrogen) atoms. The van der Waals surface area contributed by atoms with Crippen LogP contribution in [0.4, 0.5) is 14.6 Å². The second kappa shape index (κ2) is 5.67. The standard InChI is InChI=1S/C12H9BrF2N2S/c13-9-2-3-10(14)8(12(9)15)6-18-7-1-4-11(16)17-5-7/h1-5H,6H2,(H2,16,17). The van der Waals surface area contributed by atoms with Gasteiger partial charge >= 0.3 is 0 Å². The van der Waals surface area contributed by atoms with E-state index in [-0.39, 0.29) is 15.8 Å². The second-order valence-electron chi connectivity index (χ2n) is 3.53. The molecule has 2 N–H and O–H groups in total. The quantitative estimate of drug-likeness (QED) is 0.683. The summed E-state index contributed by atoms with van der Waals surface area (Å²) in [5.74, 6) is -0.500. The van der Waals surface area contributed by atoms with Crippen molar-refractivity contribution in [3.05, 3.63) is 52.1 Å². The van der Waals surface area contributed by atoms with Gasteiger partial charge < -0.3 is 5.73 Å². The number of thioether (sulfide) groups is 1. The van der Waals surface area contributed by atoms with Crippen LogP contribution in [-0.2, 0) is 5.75 Å². The molecule has 2 nitrogen and oxygen atoms in total. The zero-order valence-electron chi connectivity index (χ0n) is 9.16. The van der Waals surface area contributed by atoms with E-state index in [1.165, 1.54) is 23.9 Å². The van der Waals surface area contributed by atoms with Crippen molar-refractivity contribution in [3.8, 4) is 0 Å². The highest BCUT2D eigenvalue weighted by molar-refractivity contribution is 9.10. The third-order valence-corrected chi connectivity index (χ3v) is 3.90. The smallest absolute Gasteiger partial charge is 0.144 e. The molecule has 6 heteroatoms. The predicted octanol–water partition coefficient (Wildman–Crippen LogP) is 4.00. The Hall–Kier alpha value is -1.14. The molecule has 1 heterocycles. The molecule has 0 amide bonds. The maximum atomic E-state index is 13.7. The first-order chi connectivity index (χ1) is 8.58. The summed E-state index contributed by atoms with van der Waals surface area (Å²) < 4.78 is 27.4. The molecular formula is C12H9BrF2N2S. The van der Waals surface area contributed by atoms with Gasteiger partial charge in [-0.05, 0) is 40.2 Å². The molecule has 1 aromatic carbocycles. The van der Waals surface area contributed by atoms with E-state index in [2.05, 4.69) is 20.9 Å². The van der Waals surface area contributed by atoms with E-state index in [1.54, 1.807) is 18.3 Å². The molecule has 0 aliphatic heterocycles. The number of benzene rings is 1. The Bertz CT molecular complexity index is 561. The van der Waals surface area contributed by atoms with Crippen molar-refractivity contribution < 1.29 is 8.78 Å². The highest BCUT2D eigenvalue weighted by Crippen LogP contribution is 2.28. The van der Waals surface area contributed by atoms with Gasteiger partial charge in [0.25, 0.3) is 0 Å². The Kier molecular flexibility index (Phi) is 4.19. The van der Waals surface area contributed by atoms with Crippen LogP contribution in [0, 0.1) is 11.6 Å². The summed E-state index contributed by atoms with van der Waals surface area (Å²) >= 11 is 4.34. The summed E-state index contributed by atoms with van der Waals surface area (Å²) in [5.41, 5.74) is 5.50. The zero-order valence-corrected chi connectivity index (χ0v) is 11.6. The van der Waals surface area contributed by atoms with Crippen molar-refractivity contribution in [3.63, 3.8) is 0 Å². The first-order valence-electron chi connectivity index (χ1n) is 5.04. The molecule has 0 unspecified atom stereocenters. The van der Waals surface area contributed by atoms with Gasteiger partial charge in [-0.2, -0.15) is 0 Å². The number of anilines is 1. The normalized spacial score (nSPS) is 10.6. The Morgan fingerprint density at radius 3 is 2.67 bits per heavy atom. The Morgan fingerprint density at radius 1 is 1.22 bits per heavy atom. The van der Waals surface area contributed by atoms with Crippen LogP contribution in [0.15, 0.2) is 39.8 Å². The van der Waals surface area contributed by atoms with Crippen LogP contribution in [0.3, 0.4) is 0 Å². The molecule has 0 spiro atoms. The number of hydrogen-bond acceptors (Lipinski definition) is 3. The van der Waals surface area contributed by atoms with Crippen molar-refractivity contribution in [2.75, 3.05) is 5.73 Å². The van der Waals surface area contributed by atoms with E-state index in [1.807, 2.05) is 0 Å². The van der Waals surface area contributed by atoms with Crippen LogP contribution in [0.5, 0.6) is 0 Å². The average Bonchev–Trinajstić information content (AvgIpc) is 2.36. The average molecular weight is 331 g/mol. The molecule has 0 aliphatic carbocycles. The first kappa shape index (κ1) is 13.3. The number of nitrogens with zero attached hydrogens (tertiary/aromatic N) is 1. The van der Waals surface area contributed by atoms with Crippen molar-refractivity contribution in [2.24, 2.45) is 0 Å². The lowest BCUT2D eigenvalue weighted by molar-refractivity contribution is 0.562. The van der Waals surface area contributed by atoms with E-state index in [4.69, 9.17) is 5.73 Å². The Morgan fingerprint density at radius 2 is 2.00 bits per heavy atom. The SMILES string of the molecule is Nc1ccc(SCc2c(F)ccc(Br)c2F)cn1. The van der Waals surface area contributed by atoms with Gasteiger partial charge in [0, 0.05) is 22.4 Å². The Balaban J connectivity index is 2.15. The minimum Gasteiger partial charge on any atom is -0.384 e. The lowest BCUT2D eigenvalue weighted by Gasteiger charge is -2.06. The fraction of sp³-hybridized carbons (Fsp3) is 0.0833. The van der Waals surface area contributed by atoms with Gasteiger partial charge in [0.2, 0.25) is 0 Å². The largest absolute Gasteiger partial charge is 0.384 e. The fourth-order valence-corrected chi connectivity index (χ4v) is 2.57. The molecule has 2 aromatic rings. The van der Waals surface area contributed by atoms with Gasteiger partial charge in [-0.15, -0.1) is 11.8 Å². The third kappa shape index (κ3) is 3.00. The van der Waals surface area contributed by atoms with Gasteiger partial charge in [0.05, 0.1) is 4.47 Å². The van der Waals surface area contributed by atoms with E-state index < -0.39 is 11.6 Å². The van der Waals surface area contributed by atoms with E-state index in [0.717, 1.165) is 4.90 Å². The number of rotatable bonds is 3. The summed E-state index contributed by atoms with van der Waals surface area (Å²) in [5, 5.41) is 0. The van der Waals surface area contributed by atoms with E-state index in [9.17, 15) is 8.78 Å². The number of aromatic nitrogens is 1. The highest BCUT2D eigenvalue weighted by atomic mass is 79.9. The van der Waals surface area contributed by atoms with Gasteiger partial charge in [0.15, 0.2) is 0 Å². The van der Waals surface area contributed by atoms with Crippen LogP contribution in [0.25, 0.3) is 0 Å². The summed E-state index contributed by atoms with van der Waals surface area (Å²) in [6.45, 7) is 0. The number of hydrogen-bond donors (Lipinski definition) is 1. The number of nitrogens with two attached hydrogens (primary N) is 1. The summed E-state index contributed by atoms with van der Waals surface area (Å²) in [6, 6.07) is 6.00.